The Morgan fingerprint density at radius 1 is 1.42 bits per heavy atom. The van der Waals surface area contributed by atoms with Crippen molar-refractivity contribution in [3.63, 3.8) is 0 Å². The summed E-state index contributed by atoms with van der Waals surface area (Å²) in [5, 5.41) is 6.71. The fourth-order valence-electron chi connectivity index (χ4n) is 1.83. The van der Waals surface area contributed by atoms with Crippen molar-refractivity contribution < 1.29 is 13.2 Å². The van der Waals surface area contributed by atoms with Crippen LogP contribution in [-0.2, 0) is 9.84 Å². The second-order valence-electron chi connectivity index (χ2n) is 4.29. The Morgan fingerprint density at radius 2 is 2.16 bits per heavy atom. The van der Waals surface area contributed by atoms with Crippen molar-refractivity contribution in [2.45, 2.75) is 6.04 Å². The van der Waals surface area contributed by atoms with Crippen molar-refractivity contribution >= 4 is 27.1 Å². The average molecular weight is 281 g/mol. The van der Waals surface area contributed by atoms with Gasteiger partial charge >= 0.3 is 0 Å². The third-order valence-electron chi connectivity index (χ3n) is 2.81. The van der Waals surface area contributed by atoms with E-state index in [9.17, 15) is 13.2 Å². The Bertz CT molecular complexity index is 638. The Kier molecular flexibility index (Phi) is 3.48. The number of benzene rings is 1. The van der Waals surface area contributed by atoms with E-state index in [2.05, 4.69) is 10.6 Å². The van der Waals surface area contributed by atoms with Crippen molar-refractivity contribution in [2.75, 3.05) is 23.9 Å². The van der Waals surface area contributed by atoms with E-state index in [0.29, 0.717) is 16.9 Å². The van der Waals surface area contributed by atoms with Gasteiger partial charge in [-0.2, -0.15) is 0 Å². The van der Waals surface area contributed by atoms with Crippen LogP contribution < -0.4 is 16.4 Å². The molecule has 0 spiro atoms. The maximum Gasteiger partial charge on any atom is 0.251 e. The second-order valence-corrected chi connectivity index (χ2v) is 6.22. The number of hydrogen-bond donors (Lipinski definition) is 3. The van der Waals surface area contributed by atoms with Gasteiger partial charge in [-0.25, -0.2) is 8.42 Å². The summed E-state index contributed by atoms with van der Waals surface area (Å²) in [6.07, 6.45) is 1.57. The zero-order valence-electron chi connectivity index (χ0n) is 10.4. The lowest BCUT2D eigenvalue weighted by Gasteiger charge is -2.14. The fourth-order valence-corrected chi connectivity index (χ4v) is 3.07. The lowest BCUT2D eigenvalue weighted by molar-refractivity contribution is 0.0963. The molecule has 0 saturated carbocycles. The zero-order chi connectivity index (χ0) is 14.0. The molecular formula is C12H15N3O3S. The van der Waals surface area contributed by atoms with Gasteiger partial charge in [0, 0.05) is 18.0 Å². The van der Waals surface area contributed by atoms with Gasteiger partial charge in [-0.3, -0.25) is 4.79 Å². The quantitative estimate of drug-likeness (QED) is 0.694. The van der Waals surface area contributed by atoms with E-state index in [1.54, 1.807) is 24.3 Å². The summed E-state index contributed by atoms with van der Waals surface area (Å²) in [6, 6.07) is 4.50. The first-order chi connectivity index (χ1) is 8.91. The third kappa shape index (κ3) is 3.05. The highest BCUT2D eigenvalue weighted by Crippen LogP contribution is 2.23. The molecule has 1 aliphatic heterocycles. The van der Waals surface area contributed by atoms with Crippen molar-refractivity contribution in [1.82, 2.24) is 5.32 Å². The Morgan fingerprint density at radius 3 is 2.74 bits per heavy atom. The molecule has 6 nitrogen and oxygen atoms in total. The molecule has 1 atom stereocenters. The molecule has 1 aromatic rings. The minimum atomic E-state index is -3.12. The molecule has 0 bridgehead atoms. The predicted octanol–water partition coefficient (Wildman–Crippen LogP) is 0.351. The van der Waals surface area contributed by atoms with Gasteiger partial charge in [-0.05, 0) is 18.2 Å². The van der Waals surface area contributed by atoms with Crippen LogP contribution in [0.25, 0.3) is 0 Å². The lowest BCUT2D eigenvalue weighted by Crippen LogP contribution is -2.22. The maximum atomic E-state index is 11.5. The number of carbonyl (C=O) groups excluding carboxylic acids is 1. The zero-order valence-corrected chi connectivity index (χ0v) is 11.2. The monoisotopic (exact) mass is 281 g/mol. The minimum absolute atomic E-state index is 0.00333. The summed E-state index contributed by atoms with van der Waals surface area (Å²) < 4.78 is 22.6. The van der Waals surface area contributed by atoms with E-state index < -0.39 is 9.84 Å². The first-order valence-corrected chi connectivity index (χ1v) is 7.42. The second kappa shape index (κ2) is 4.93. The summed E-state index contributed by atoms with van der Waals surface area (Å²) in [6.45, 7) is 0. The molecule has 102 valence electrons. The highest BCUT2D eigenvalue weighted by Gasteiger charge is 2.22. The van der Waals surface area contributed by atoms with Gasteiger partial charge in [0.15, 0.2) is 9.84 Å². The smallest absolute Gasteiger partial charge is 0.251 e. The molecular weight excluding hydrogens is 266 g/mol. The van der Waals surface area contributed by atoms with Crippen LogP contribution in [0.1, 0.15) is 10.4 Å². The Balaban J connectivity index is 2.21. The van der Waals surface area contributed by atoms with Gasteiger partial charge in [-0.1, -0.05) is 6.08 Å². The highest BCUT2D eigenvalue weighted by molar-refractivity contribution is 7.94. The van der Waals surface area contributed by atoms with Crippen LogP contribution in [-0.4, -0.2) is 33.2 Å². The van der Waals surface area contributed by atoms with Gasteiger partial charge in [0.1, 0.15) is 0 Å². The summed E-state index contributed by atoms with van der Waals surface area (Å²) in [7, 11) is -1.58. The predicted molar refractivity (Wildman–Crippen MR) is 74.6 cm³/mol. The number of amides is 1. The van der Waals surface area contributed by atoms with Gasteiger partial charge in [0.25, 0.3) is 5.91 Å². The van der Waals surface area contributed by atoms with Crippen LogP contribution in [0.3, 0.4) is 0 Å². The van der Waals surface area contributed by atoms with Gasteiger partial charge < -0.3 is 16.4 Å². The molecule has 0 radical (unpaired) electrons. The highest BCUT2D eigenvalue weighted by atomic mass is 32.2. The fraction of sp³-hybridized carbons (Fsp3) is 0.250. The molecule has 19 heavy (non-hydrogen) atoms. The number of nitrogen functional groups attached to an aromatic ring is 1. The van der Waals surface area contributed by atoms with Crippen molar-refractivity contribution in [1.29, 1.82) is 0 Å². The molecule has 7 heteroatoms. The molecule has 1 aromatic carbocycles. The molecule has 2 rings (SSSR count). The van der Waals surface area contributed by atoms with Gasteiger partial charge in [0.2, 0.25) is 0 Å². The summed E-state index contributed by atoms with van der Waals surface area (Å²) in [5.41, 5.74) is 7.28. The SMILES string of the molecule is CNC(=O)c1ccc(N)c(NC2C=CS(=O)(=O)C2)c1. The molecule has 0 fully saturated rings. The number of nitrogens with two attached hydrogens (primary N) is 1. The van der Waals surface area contributed by atoms with Crippen LogP contribution in [0.4, 0.5) is 11.4 Å². The van der Waals surface area contributed by atoms with Crippen LogP contribution >= 0.6 is 0 Å². The Hall–Kier alpha value is -2.02. The van der Waals surface area contributed by atoms with Crippen molar-refractivity contribution in [3.8, 4) is 0 Å². The van der Waals surface area contributed by atoms with Crippen LogP contribution in [0.5, 0.6) is 0 Å². The molecule has 1 heterocycles. The van der Waals surface area contributed by atoms with E-state index in [1.165, 1.54) is 12.5 Å². The van der Waals surface area contributed by atoms with E-state index in [0.717, 1.165) is 0 Å². The van der Waals surface area contributed by atoms with Gasteiger partial charge in [-0.15, -0.1) is 0 Å². The lowest BCUT2D eigenvalue weighted by atomic mass is 10.1. The topological polar surface area (TPSA) is 101 Å². The van der Waals surface area contributed by atoms with E-state index in [-0.39, 0.29) is 17.7 Å². The number of anilines is 2. The number of hydrogen-bond acceptors (Lipinski definition) is 5. The van der Waals surface area contributed by atoms with Crippen molar-refractivity contribution in [3.05, 3.63) is 35.2 Å². The standard InChI is InChI=1S/C12H15N3O3S/c1-14-12(16)8-2-3-10(13)11(6-8)15-9-4-5-19(17,18)7-9/h2-6,9,15H,7,13H2,1H3,(H,14,16). The number of rotatable bonds is 3. The normalized spacial score (nSPS) is 20.2. The molecule has 0 aromatic heterocycles. The van der Waals surface area contributed by atoms with Crippen LogP contribution in [0, 0.1) is 0 Å². The average Bonchev–Trinajstić information content (AvgIpc) is 2.70. The summed E-state index contributed by atoms with van der Waals surface area (Å²) in [5.74, 6) is -0.228. The summed E-state index contributed by atoms with van der Waals surface area (Å²) >= 11 is 0. The molecule has 0 aliphatic carbocycles. The first kappa shape index (κ1) is 13.4. The largest absolute Gasteiger partial charge is 0.397 e. The molecule has 1 amide bonds. The van der Waals surface area contributed by atoms with Crippen LogP contribution in [0.2, 0.25) is 0 Å². The molecule has 4 N–H and O–H groups in total. The van der Waals surface area contributed by atoms with Gasteiger partial charge in [0.05, 0.1) is 23.2 Å². The third-order valence-corrected chi connectivity index (χ3v) is 4.21. The molecule has 1 unspecified atom stereocenters. The Labute approximate surface area is 111 Å². The number of carbonyl (C=O) groups is 1. The number of sulfone groups is 1. The van der Waals surface area contributed by atoms with Crippen molar-refractivity contribution in [2.24, 2.45) is 0 Å². The minimum Gasteiger partial charge on any atom is -0.397 e. The maximum absolute atomic E-state index is 11.5. The summed E-state index contributed by atoms with van der Waals surface area (Å²) in [4.78, 5) is 11.5. The van der Waals surface area contributed by atoms with E-state index in [1.807, 2.05) is 0 Å². The first-order valence-electron chi connectivity index (χ1n) is 5.70. The number of nitrogens with one attached hydrogen (secondary N) is 2. The van der Waals surface area contributed by atoms with E-state index >= 15 is 0 Å². The van der Waals surface area contributed by atoms with Crippen LogP contribution in [0.15, 0.2) is 29.7 Å². The molecule has 0 saturated heterocycles. The molecule has 1 aliphatic rings. The van der Waals surface area contributed by atoms with E-state index in [4.69, 9.17) is 5.73 Å².